The van der Waals surface area contributed by atoms with Crippen molar-refractivity contribution in [3.63, 3.8) is 0 Å². The molecule has 116 valence electrons. The van der Waals surface area contributed by atoms with E-state index in [1.807, 2.05) is 17.8 Å². The van der Waals surface area contributed by atoms with Crippen LogP contribution in [-0.2, 0) is 16.1 Å². The number of nitrogens with one attached hydrogen (secondary N) is 1. The highest BCUT2D eigenvalue weighted by Crippen LogP contribution is 2.25. The molecule has 0 aliphatic carbocycles. The van der Waals surface area contributed by atoms with Gasteiger partial charge in [0, 0.05) is 32.3 Å². The molecule has 0 radical (unpaired) electrons. The molecule has 1 atom stereocenters. The molecule has 1 aromatic rings. The van der Waals surface area contributed by atoms with Gasteiger partial charge in [-0.1, -0.05) is 20.8 Å². The Bertz CT molecular complexity index is 510. The van der Waals surface area contributed by atoms with Gasteiger partial charge in [0.25, 0.3) is 0 Å². The van der Waals surface area contributed by atoms with Crippen molar-refractivity contribution in [2.45, 2.75) is 40.2 Å². The van der Waals surface area contributed by atoms with Crippen LogP contribution in [0.3, 0.4) is 0 Å². The minimum absolute atomic E-state index is 0.00394. The molecule has 1 aliphatic heterocycles. The third kappa shape index (κ3) is 3.83. The van der Waals surface area contributed by atoms with Crippen LogP contribution in [0.2, 0.25) is 0 Å². The van der Waals surface area contributed by atoms with Crippen LogP contribution in [0.25, 0.3) is 0 Å². The van der Waals surface area contributed by atoms with Crippen LogP contribution in [0.15, 0.2) is 12.4 Å². The van der Waals surface area contributed by atoms with Crippen molar-refractivity contribution in [1.82, 2.24) is 15.1 Å². The predicted octanol–water partition coefficient (Wildman–Crippen LogP) is 1.42. The van der Waals surface area contributed by atoms with Gasteiger partial charge >= 0.3 is 0 Å². The summed E-state index contributed by atoms with van der Waals surface area (Å²) in [6.45, 7) is 8.18. The van der Waals surface area contributed by atoms with Crippen LogP contribution in [0.4, 0.5) is 5.69 Å². The van der Waals surface area contributed by atoms with E-state index in [1.165, 1.54) is 0 Å². The number of aromatic nitrogens is 2. The topological polar surface area (TPSA) is 67.2 Å². The molecule has 0 saturated carbocycles. The molecule has 0 aromatic carbocycles. The van der Waals surface area contributed by atoms with E-state index in [0.717, 1.165) is 18.7 Å². The van der Waals surface area contributed by atoms with Gasteiger partial charge in [0.2, 0.25) is 11.8 Å². The van der Waals surface area contributed by atoms with Gasteiger partial charge in [0.1, 0.15) is 0 Å². The van der Waals surface area contributed by atoms with E-state index in [2.05, 4.69) is 24.3 Å². The summed E-state index contributed by atoms with van der Waals surface area (Å²) < 4.78 is 1.85. The number of carbonyl (C=O) groups excluding carboxylic acids is 2. The Labute approximate surface area is 125 Å². The first-order valence-corrected chi connectivity index (χ1v) is 7.61. The second-order valence-electron chi connectivity index (χ2n) is 6.01. The zero-order valence-corrected chi connectivity index (χ0v) is 13.0. The maximum Gasteiger partial charge on any atom is 0.227 e. The number of hydrogen-bond acceptors (Lipinski definition) is 3. The summed E-state index contributed by atoms with van der Waals surface area (Å²) in [4.78, 5) is 25.7. The molecule has 6 nitrogen and oxygen atoms in total. The molecule has 0 bridgehead atoms. The average molecular weight is 292 g/mol. The highest BCUT2D eigenvalue weighted by molar-refractivity contribution is 6.00. The summed E-state index contributed by atoms with van der Waals surface area (Å²) in [5.74, 6) is 0.218. The van der Waals surface area contributed by atoms with Crippen LogP contribution >= 0.6 is 0 Å². The van der Waals surface area contributed by atoms with Crippen molar-refractivity contribution in [3.05, 3.63) is 12.4 Å². The Morgan fingerprint density at radius 2 is 2.29 bits per heavy atom. The standard InChI is InChI=1S/C15H24N4O2/c1-4-5-16-15(21)12-6-14(20)19(9-12)13-7-17-18(10-13)8-11(2)3/h7,10-12H,4-6,8-9H2,1-3H3,(H,16,21)/t12-/m0/s1. The van der Waals surface area contributed by atoms with E-state index < -0.39 is 0 Å². The van der Waals surface area contributed by atoms with Crippen LogP contribution in [0, 0.1) is 11.8 Å². The quantitative estimate of drug-likeness (QED) is 0.862. The second-order valence-corrected chi connectivity index (χ2v) is 6.01. The van der Waals surface area contributed by atoms with Gasteiger partial charge in [-0.05, 0) is 12.3 Å². The summed E-state index contributed by atoms with van der Waals surface area (Å²) in [6.07, 6.45) is 4.76. The van der Waals surface area contributed by atoms with Gasteiger partial charge in [0.15, 0.2) is 0 Å². The number of amides is 2. The first-order chi connectivity index (χ1) is 10.0. The fraction of sp³-hybridized carbons (Fsp3) is 0.667. The van der Waals surface area contributed by atoms with Crippen LogP contribution in [0.5, 0.6) is 0 Å². The molecule has 1 fully saturated rings. The predicted molar refractivity (Wildman–Crippen MR) is 80.8 cm³/mol. The smallest absolute Gasteiger partial charge is 0.227 e. The average Bonchev–Trinajstić information content (AvgIpc) is 3.01. The molecule has 1 saturated heterocycles. The summed E-state index contributed by atoms with van der Waals surface area (Å²) >= 11 is 0. The molecule has 2 amide bonds. The van der Waals surface area contributed by atoms with Crippen LogP contribution < -0.4 is 10.2 Å². The molecular weight excluding hydrogens is 268 g/mol. The maximum absolute atomic E-state index is 12.1. The van der Waals surface area contributed by atoms with Gasteiger partial charge in [-0.15, -0.1) is 0 Å². The van der Waals surface area contributed by atoms with Crippen LogP contribution in [0.1, 0.15) is 33.6 Å². The van der Waals surface area contributed by atoms with Crippen molar-refractivity contribution >= 4 is 17.5 Å². The molecule has 2 heterocycles. The van der Waals surface area contributed by atoms with E-state index >= 15 is 0 Å². The Morgan fingerprint density at radius 1 is 1.52 bits per heavy atom. The monoisotopic (exact) mass is 292 g/mol. The van der Waals surface area contributed by atoms with E-state index in [4.69, 9.17) is 0 Å². The van der Waals surface area contributed by atoms with Gasteiger partial charge in [0.05, 0.1) is 17.8 Å². The SMILES string of the molecule is CCCNC(=O)[C@H]1CC(=O)N(c2cnn(CC(C)C)c2)C1. The first kappa shape index (κ1) is 15.5. The lowest BCUT2D eigenvalue weighted by molar-refractivity contribution is -0.126. The molecule has 0 spiro atoms. The van der Waals surface area contributed by atoms with Gasteiger partial charge in [-0.2, -0.15) is 5.10 Å². The normalized spacial score (nSPS) is 18.6. The highest BCUT2D eigenvalue weighted by Gasteiger charge is 2.35. The van der Waals surface area contributed by atoms with Crippen LogP contribution in [-0.4, -0.2) is 34.7 Å². The first-order valence-electron chi connectivity index (χ1n) is 7.61. The second kappa shape index (κ2) is 6.74. The van der Waals surface area contributed by atoms with Gasteiger partial charge in [-0.3, -0.25) is 14.3 Å². The number of carbonyl (C=O) groups is 2. The largest absolute Gasteiger partial charge is 0.356 e. The minimum atomic E-state index is -0.252. The summed E-state index contributed by atoms with van der Waals surface area (Å²) in [7, 11) is 0. The maximum atomic E-state index is 12.1. The molecule has 1 aromatic heterocycles. The molecule has 6 heteroatoms. The molecule has 21 heavy (non-hydrogen) atoms. The van der Waals surface area contributed by atoms with Crippen molar-refractivity contribution < 1.29 is 9.59 Å². The van der Waals surface area contributed by atoms with Crippen molar-refractivity contribution in [2.75, 3.05) is 18.0 Å². The van der Waals surface area contributed by atoms with E-state index in [9.17, 15) is 9.59 Å². The molecular formula is C15H24N4O2. The lowest BCUT2D eigenvalue weighted by Gasteiger charge is -2.14. The molecule has 2 rings (SSSR count). The fourth-order valence-electron chi connectivity index (χ4n) is 2.49. The molecule has 1 N–H and O–H groups in total. The number of anilines is 1. The highest BCUT2D eigenvalue weighted by atomic mass is 16.2. The Kier molecular flexibility index (Phi) is 4.98. The molecule has 0 unspecified atom stereocenters. The summed E-state index contributed by atoms with van der Waals surface area (Å²) in [6, 6.07) is 0. The number of nitrogens with zero attached hydrogens (tertiary/aromatic N) is 3. The van der Waals surface area contributed by atoms with E-state index in [-0.39, 0.29) is 24.2 Å². The molecule has 1 aliphatic rings. The zero-order chi connectivity index (χ0) is 15.4. The van der Waals surface area contributed by atoms with Gasteiger partial charge < -0.3 is 10.2 Å². The van der Waals surface area contributed by atoms with E-state index in [0.29, 0.717) is 19.0 Å². The lowest BCUT2D eigenvalue weighted by Crippen LogP contribution is -2.33. The summed E-state index contributed by atoms with van der Waals surface area (Å²) in [5, 5.41) is 7.14. The Morgan fingerprint density at radius 3 is 2.95 bits per heavy atom. The fourth-order valence-corrected chi connectivity index (χ4v) is 2.49. The van der Waals surface area contributed by atoms with Crippen molar-refractivity contribution in [1.29, 1.82) is 0 Å². The van der Waals surface area contributed by atoms with E-state index in [1.54, 1.807) is 11.1 Å². The van der Waals surface area contributed by atoms with Crippen molar-refractivity contribution in [3.8, 4) is 0 Å². The third-order valence-corrected chi connectivity index (χ3v) is 3.53. The number of hydrogen-bond donors (Lipinski definition) is 1. The lowest BCUT2D eigenvalue weighted by atomic mass is 10.1. The van der Waals surface area contributed by atoms with Gasteiger partial charge in [-0.25, -0.2) is 0 Å². The number of rotatable bonds is 6. The summed E-state index contributed by atoms with van der Waals surface area (Å²) in [5.41, 5.74) is 0.784. The zero-order valence-electron chi connectivity index (χ0n) is 13.0. The third-order valence-electron chi connectivity index (χ3n) is 3.53. The minimum Gasteiger partial charge on any atom is -0.356 e. The Balaban J connectivity index is 1.99. The Hall–Kier alpha value is -1.85. The van der Waals surface area contributed by atoms with Crippen molar-refractivity contribution in [2.24, 2.45) is 11.8 Å².